The lowest BCUT2D eigenvalue weighted by Gasteiger charge is -1.97. The lowest BCUT2D eigenvalue weighted by atomic mass is 10.2. The van der Waals surface area contributed by atoms with Gasteiger partial charge < -0.3 is 0 Å². The minimum Gasteiger partial charge on any atom is -0.295 e. The molecule has 0 aliphatic carbocycles. The summed E-state index contributed by atoms with van der Waals surface area (Å²) in [5.74, 6) is -0.377. The zero-order valence-electron chi connectivity index (χ0n) is 12.9. The van der Waals surface area contributed by atoms with Crippen LogP contribution in [0.15, 0.2) is 66.9 Å². The van der Waals surface area contributed by atoms with Crippen molar-refractivity contribution in [2.24, 2.45) is 0 Å². The molecule has 0 saturated carbocycles. The Morgan fingerprint density at radius 2 is 1.64 bits per heavy atom. The number of anilines is 1. The molecule has 2 aromatic heterocycles. The van der Waals surface area contributed by atoms with Crippen LogP contribution in [0.5, 0.6) is 0 Å². The minimum absolute atomic E-state index is 0.209. The van der Waals surface area contributed by atoms with Gasteiger partial charge in [0.25, 0.3) is 5.91 Å². The van der Waals surface area contributed by atoms with Gasteiger partial charge in [0, 0.05) is 5.56 Å². The van der Waals surface area contributed by atoms with E-state index in [2.05, 4.69) is 25.8 Å². The highest BCUT2D eigenvalue weighted by atomic mass is 32.1. The van der Waals surface area contributed by atoms with Gasteiger partial charge in [0.1, 0.15) is 5.01 Å². The van der Waals surface area contributed by atoms with Crippen LogP contribution in [0.4, 0.5) is 5.13 Å². The lowest BCUT2D eigenvalue weighted by Crippen LogP contribution is -2.12. The summed E-state index contributed by atoms with van der Waals surface area (Å²) in [5.41, 5.74) is 1.99. The average molecular weight is 348 g/mol. The van der Waals surface area contributed by atoms with Crippen molar-refractivity contribution in [2.75, 3.05) is 5.32 Å². The highest BCUT2D eigenvalue weighted by Gasteiger charge is 2.14. The molecule has 0 saturated heterocycles. The van der Waals surface area contributed by atoms with E-state index in [0.29, 0.717) is 5.13 Å². The third-order valence-electron chi connectivity index (χ3n) is 3.41. The number of carbonyl (C=O) groups is 1. The first-order valence-electron chi connectivity index (χ1n) is 7.48. The fraction of sp³-hybridized carbons (Fsp3) is 0. The molecule has 0 atom stereocenters. The van der Waals surface area contributed by atoms with Gasteiger partial charge in [-0.2, -0.15) is 0 Å². The Morgan fingerprint density at radius 3 is 2.40 bits per heavy atom. The minimum atomic E-state index is -0.377. The molecule has 0 aliphatic rings. The van der Waals surface area contributed by atoms with E-state index in [1.54, 1.807) is 10.9 Å². The first-order chi connectivity index (χ1) is 12.3. The van der Waals surface area contributed by atoms with Crippen molar-refractivity contribution >= 4 is 22.4 Å². The molecule has 122 valence electrons. The average Bonchev–Trinajstić information content (AvgIpc) is 3.33. The number of hydrogen-bond acceptors (Lipinski definition) is 6. The predicted octanol–water partition coefficient (Wildman–Crippen LogP) is 3.04. The third-order valence-corrected chi connectivity index (χ3v) is 4.30. The van der Waals surface area contributed by atoms with E-state index in [1.165, 1.54) is 11.3 Å². The Labute approximate surface area is 147 Å². The van der Waals surface area contributed by atoms with Crippen LogP contribution in [0.1, 0.15) is 10.5 Å². The number of rotatable bonds is 4. The zero-order valence-corrected chi connectivity index (χ0v) is 13.7. The van der Waals surface area contributed by atoms with E-state index < -0.39 is 0 Å². The van der Waals surface area contributed by atoms with E-state index in [0.717, 1.165) is 16.3 Å². The summed E-state index contributed by atoms with van der Waals surface area (Å²) in [6, 6.07) is 19.1. The molecular formula is C17H12N6OS. The smallest absolute Gasteiger partial charge is 0.279 e. The van der Waals surface area contributed by atoms with E-state index in [1.807, 2.05) is 60.7 Å². The molecule has 0 bridgehead atoms. The van der Waals surface area contributed by atoms with Gasteiger partial charge >= 0.3 is 0 Å². The molecule has 0 radical (unpaired) electrons. The summed E-state index contributed by atoms with van der Waals surface area (Å²) >= 11 is 1.30. The van der Waals surface area contributed by atoms with Crippen molar-refractivity contribution in [3.63, 3.8) is 0 Å². The number of nitrogens with one attached hydrogen (secondary N) is 1. The van der Waals surface area contributed by atoms with Crippen LogP contribution in [0.2, 0.25) is 0 Å². The van der Waals surface area contributed by atoms with Gasteiger partial charge in [-0.1, -0.05) is 65.1 Å². The van der Waals surface area contributed by atoms with Crippen molar-refractivity contribution < 1.29 is 4.79 Å². The molecule has 0 fully saturated rings. The second kappa shape index (κ2) is 6.62. The maximum Gasteiger partial charge on any atom is 0.279 e. The molecule has 4 aromatic rings. The summed E-state index contributed by atoms with van der Waals surface area (Å²) in [7, 11) is 0. The Bertz CT molecular complexity index is 996. The van der Waals surface area contributed by atoms with E-state index >= 15 is 0 Å². The van der Waals surface area contributed by atoms with Crippen LogP contribution >= 0.6 is 11.3 Å². The van der Waals surface area contributed by atoms with Crippen molar-refractivity contribution in [3.05, 3.63) is 72.6 Å². The highest BCUT2D eigenvalue weighted by Crippen LogP contribution is 2.26. The molecule has 2 heterocycles. The number of para-hydroxylation sites is 1. The molecule has 2 aromatic carbocycles. The number of amides is 1. The van der Waals surface area contributed by atoms with Crippen LogP contribution in [-0.4, -0.2) is 31.1 Å². The van der Waals surface area contributed by atoms with Crippen LogP contribution in [-0.2, 0) is 0 Å². The number of benzene rings is 2. The number of nitrogens with zero attached hydrogens (tertiary/aromatic N) is 5. The largest absolute Gasteiger partial charge is 0.295 e. The molecule has 0 unspecified atom stereocenters. The van der Waals surface area contributed by atoms with E-state index in [9.17, 15) is 4.79 Å². The van der Waals surface area contributed by atoms with Gasteiger partial charge in [0.15, 0.2) is 5.69 Å². The van der Waals surface area contributed by atoms with Gasteiger partial charge in [-0.3, -0.25) is 10.1 Å². The van der Waals surface area contributed by atoms with Crippen LogP contribution < -0.4 is 5.32 Å². The Hall–Kier alpha value is -3.39. The van der Waals surface area contributed by atoms with Crippen LogP contribution in [0.25, 0.3) is 16.3 Å². The standard InChI is InChI=1S/C17H12N6OS/c24-15(14-11-23(22-19-14)13-9-5-2-6-10-13)18-17-21-20-16(25-17)12-7-3-1-4-8-12/h1-11H,(H,18,21,24). The second-order valence-electron chi connectivity index (χ2n) is 5.12. The van der Waals surface area contributed by atoms with Gasteiger partial charge in [-0.05, 0) is 12.1 Å². The summed E-state index contributed by atoms with van der Waals surface area (Å²) in [6.07, 6.45) is 1.57. The monoisotopic (exact) mass is 348 g/mol. The molecule has 0 spiro atoms. The highest BCUT2D eigenvalue weighted by molar-refractivity contribution is 7.18. The number of hydrogen-bond donors (Lipinski definition) is 1. The summed E-state index contributed by atoms with van der Waals surface area (Å²) in [4.78, 5) is 12.3. The molecule has 7 nitrogen and oxygen atoms in total. The van der Waals surface area contributed by atoms with Gasteiger partial charge in [0.2, 0.25) is 5.13 Å². The van der Waals surface area contributed by atoms with Crippen LogP contribution in [0.3, 0.4) is 0 Å². The summed E-state index contributed by atoms with van der Waals surface area (Å²) in [6.45, 7) is 0. The van der Waals surface area contributed by atoms with Gasteiger partial charge in [-0.25, -0.2) is 4.68 Å². The third kappa shape index (κ3) is 3.29. The van der Waals surface area contributed by atoms with Crippen molar-refractivity contribution in [1.82, 2.24) is 25.2 Å². The zero-order chi connectivity index (χ0) is 17.1. The summed E-state index contributed by atoms with van der Waals surface area (Å²) < 4.78 is 1.55. The van der Waals surface area contributed by atoms with Crippen molar-refractivity contribution in [2.45, 2.75) is 0 Å². The lowest BCUT2D eigenvalue weighted by molar-refractivity contribution is 0.102. The van der Waals surface area contributed by atoms with Gasteiger partial charge in [0.05, 0.1) is 11.9 Å². The molecule has 25 heavy (non-hydrogen) atoms. The quantitative estimate of drug-likeness (QED) is 0.613. The maximum absolute atomic E-state index is 12.3. The number of carbonyl (C=O) groups excluding carboxylic acids is 1. The van der Waals surface area contributed by atoms with Crippen molar-refractivity contribution in [1.29, 1.82) is 0 Å². The van der Waals surface area contributed by atoms with Crippen molar-refractivity contribution in [3.8, 4) is 16.3 Å². The topological polar surface area (TPSA) is 85.6 Å². The maximum atomic E-state index is 12.3. The molecule has 8 heteroatoms. The molecule has 0 aliphatic heterocycles. The first kappa shape index (κ1) is 15.2. The SMILES string of the molecule is O=C(Nc1nnc(-c2ccccc2)s1)c1cn(-c2ccccc2)nn1. The van der Waals surface area contributed by atoms with Crippen LogP contribution in [0, 0.1) is 0 Å². The molecule has 4 rings (SSSR count). The van der Waals surface area contributed by atoms with E-state index in [4.69, 9.17) is 0 Å². The second-order valence-corrected chi connectivity index (χ2v) is 6.09. The molecular weight excluding hydrogens is 336 g/mol. The Balaban J connectivity index is 1.50. The molecule has 1 N–H and O–H groups in total. The molecule has 1 amide bonds. The fourth-order valence-corrected chi connectivity index (χ4v) is 2.95. The normalized spacial score (nSPS) is 10.6. The number of aromatic nitrogens is 5. The van der Waals surface area contributed by atoms with Gasteiger partial charge in [-0.15, -0.1) is 15.3 Å². The fourth-order valence-electron chi connectivity index (χ4n) is 2.21. The predicted molar refractivity (Wildman–Crippen MR) is 94.7 cm³/mol. The Morgan fingerprint density at radius 1 is 0.920 bits per heavy atom. The summed E-state index contributed by atoms with van der Waals surface area (Å²) in [5, 5.41) is 19.8. The first-order valence-corrected chi connectivity index (χ1v) is 8.29. The Kier molecular flexibility index (Phi) is 4.01. The van der Waals surface area contributed by atoms with E-state index in [-0.39, 0.29) is 11.6 Å².